The summed E-state index contributed by atoms with van der Waals surface area (Å²) in [5.41, 5.74) is 0.368. The maximum Gasteiger partial charge on any atom is 0.357 e. The molecule has 28 heavy (non-hydrogen) atoms. The van der Waals surface area contributed by atoms with E-state index in [0.29, 0.717) is 36.2 Å². The quantitative estimate of drug-likeness (QED) is 0.720. The first kappa shape index (κ1) is 20.1. The van der Waals surface area contributed by atoms with E-state index in [0.717, 1.165) is 5.56 Å². The molecule has 0 bridgehead atoms. The molecule has 7 nitrogen and oxygen atoms in total. The Morgan fingerprint density at radius 1 is 1.21 bits per heavy atom. The van der Waals surface area contributed by atoms with Gasteiger partial charge in [-0.15, -0.1) is 0 Å². The summed E-state index contributed by atoms with van der Waals surface area (Å²) in [7, 11) is 0. The predicted octanol–water partition coefficient (Wildman–Crippen LogP) is 4.09. The predicted molar refractivity (Wildman–Crippen MR) is 108 cm³/mol. The number of esters is 1. The number of urea groups is 1. The number of carbonyl (C=O) groups is 2. The van der Waals surface area contributed by atoms with Gasteiger partial charge in [-0.3, -0.25) is 9.80 Å². The van der Waals surface area contributed by atoms with E-state index in [1.807, 2.05) is 6.92 Å². The van der Waals surface area contributed by atoms with Crippen LogP contribution < -0.4 is 9.80 Å². The van der Waals surface area contributed by atoms with E-state index in [4.69, 9.17) is 16.3 Å². The Morgan fingerprint density at radius 2 is 1.93 bits per heavy atom. The number of nitrogens with zero attached hydrogens (tertiary/aromatic N) is 4. The van der Waals surface area contributed by atoms with Crippen molar-refractivity contribution in [1.82, 2.24) is 9.97 Å². The molecule has 3 heterocycles. The van der Waals surface area contributed by atoms with Crippen LogP contribution in [0.25, 0.3) is 0 Å². The third-order valence-electron chi connectivity index (χ3n) is 4.21. The monoisotopic (exact) mass is 402 g/mol. The number of rotatable bonds is 4. The molecule has 0 N–H and O–H groups in total. The van der Waals surface area contributed by atoms with Crippen molar-refractivity contribution in [2.24, 2.45) is 0 Å². The molecule has 0 radical (unpaired) electrons. The van der Waals surface area contributed by atoms with Crippen molar-refractivity contribution in [2.75, 3.05) is 22.9 Å². The molecule has 1 aliphatic rings. The van der Waals surface area contributed by atoms with Crippen LogP contribution in [0.3, 0.4) is 0 Å². The number of aromatic nitrogens is 2. The summed E-state index contributed by atoms with van der Waals surface area (Å²) in [5.74, 6) is 0.435. The van der Waals surface area contributed by atoms with E-state index >= 15 is 0 Å². The molecule has 0 atom stereocenters. The van der Waals surface area contributed by atoms with Crippen molar-refractivity contribution >= 4 is 35.2 Å². The Labute approximate surface area is 169 Å². The van der Waals surface area contributed by atoms with Gasteiger partial charge in [-0.1, -0.05) is 24.6 Å². The molecule has 0 aromatic carbocycles. The highest BCUT2D eigenvalue weighted by atomic mass is 35.5. The van der Waals surface area contributed by atoms with Crippen LogP contribution in [0, 0.1) is 0 Å². The molecule has 2 amide bonds. The topological polar surface area (TPSA) is 75.6 Å². The van der Waals surface area contributed by atoms with E-state index in [2.05, 4.69) is 9.97 Å². The fourth-order valence-electron chi connectivity index (χ4n) is 2.98. The zero-order valence-corrected chi connectivity index (χ0v) is 17.2. The van der Waals surface area contributed by atoms with Gasteiger partial charge < -0.3 is 4.74 Å². The first-order valence-corrected chi connectivity index (χ1v) is 9.52. The summed E-state index contributed by atoms with van der Waals surface area (Å²) in [5, 5.41) is 0.587. The summed E-state index contributed by atoms with van der Waals surface area (Å²) in [6.45, 7) is 8.23. The minimum Gasteiger partial charge on any atom is -0.455 e. The fraction of sp³-hybridized carbons (Fsp3) is 0.400. The highest BCUT2D eigenvalue weighted by molar-refractivity contribution is 6.31. The minimum atomic E-state index is -0.621. The molecule has 1 aliphatic heterocycles. The van der Waals surface area contributed by atoms with Crippen LogP contribution in [0.4, 0.5) is 16.4 Å². The Hall–Kier alpha value is -2.67. The molecule has 3 rings (SSSR count). The van der Waals surface area contributed by atoms with Crippen LogP contribution in [0.15, 0.2) is 30.5 Å². The van der Waals surface area contributed by atoms with E-state index in [1.165, 1.54) is 4.90 Å². The zero-order chi connectivity index (χ0) is 20.5. The number of halogens is 1. The number of hydrogen-bond acceptors (Lipinski definition) is 5. The van der Waals surface area contributed by atoms with Gasteiger partial charge in [-0.25, -0.2) is 19.6 Å². The van der Waals surface area contributed by atoms with Crippen molar-refractivity contribution in [1.29, 1.82) is 0 Å². The van der Waals surface area contributed by atoms with Gasteiger partial charge in [0.15, 0.2) is 5.69 Å². The number of anilines is 2. The van der Waals surface area contributed by atoms with E-state index in [-0.39, 0.29) is 11.7 Å². The van der Waals surface area contributed by atoms with Crippen molar-refractivity contribution in [3.63, 3.8) is 0 Å². The standard InChI is InChI=1S/C20H23ClN4O3/c1-5-13-14(21)9-10-22-17(13)25-12-11-24(19(25)27)16-8-6-7-15(23-16)18(26)28-20(2,3)4/h6-10H,5,11-12H2,1-4H3. The fourth-order valence-corrected chi connectivity index (χ4v) is 3.26. The van der Waals surface area contributed by atoms with Gasteiger partial charge in [0.2, 0.25) is 0 Å². The summed E-state index contributed by atoms with van der Waals surface area (Å²) in [4.78, 5) is 37.1. The van der Waals surface area contributed by atoms with Crippen molar-refractivity contribution in [2.45, 2.75) is 39.7 Å². The smallest absolute Gasteiger partial charge is 0.357 e. The highest BCUT2D eigenvalue weighted by Crippen LogP contribution is 2.29. The second kappa shape index (κ2) is 7.75. The largest absolute Gasteiger partial charge is 0.455 e. The average molecular weight is 403 g/mol. The molecule has 0 spiro atoms. The van der Waals surface area contributed by atoms with Gasteiger partial charge >= 0.3 is 12.0 Å². The number of amides is 2. The molecular weight excluding hydrogens is 380 g/mol. The van der Waals surface area contributed by atoms with Crippen LogP contribution in [0.2, 0.25) is 5.02 Å². The van der Waals surface area contributed by atoms with Gasteiger partial charge in [0.05, 0.1) is 0 Å². The van der Waals surface area contributed by atoms with E-state index < -0.39 is 11.6 Å². The van der Waals surface area contributed by atoms with Gasteiger partial charge in [0, 0.05) is 29.9 Å². The molecule has 0 aliphatic carbocycles. The van der Waals surface area contributed by atoms with Crippen LogP contribution in [0.1, 0.15) is 43.7 Å². The Morgan fingerprint density at radius 3 is 2.61 bits per heavy atom. The first-order valence-electron chi connectivity index (χ1n) is 9.14. The maximum absolute atomic E-state index is 13.0. The highest BCUT2D eigenvalue weighted by Gasteiger charge is 2.34. The minimum absolute atomic E-state index is 0.161. The molecule has 0 saturated carbocycles. The summed E-state index contributed by atoms with van der Waals surface area (Å²) >= 11 is 6.26. The molecule has 1 fully saturated rings. The van der Waals surface area contributed by atoms with Gasteiger partial charge in [0.25, 0.3) is 0 Å². The summed E-state index contributed by atoms with van der Waals surface area (Å²) in [6.07, 6.45) is 2.26. The van der Waals surface area contributed by atoms with Crippen LogP contribution in [-0.2, 0) is 11.2 Å². The van der Waals surface area contributed by atoms with Crippen LogP contribution >= 0.6 is 11.6 Å². The first-order chi connectivity index (χ1) is 13.2. The van der Waals surface area contributed by atoms with Crippen LogP contribution in [-0.4, -0.2) is 40.7 Å². The summed E-state index contributed by atoms with van der Waals surface area (Å²) in [6, 6.07) is 6.42. The lowest BCUT2D eigenvalue weighted by Crippen LogP contribution is -2.33. The molecule has 1 saturated heterocycles. The van der Waals surface area contributed by atoms with Crippen molar-refractivity contribution in [3.05, 3.63) is 46.7 Å². The number of pyridine rings is 2. The molecule has 2 aromatic rings. The third kappa shape index (κ3) is 4.09. The second-order valence-corrected chi connectivity index (χ2v) is 7.82. The Bertz CT molecular complexity index is 911. The molecule has 2 aromatic heterocycles. The van der Waals surface area contributed by atoms with E-state index in [1.54, 1.807) is 56.1 Å². The lowest BCUT2D eigenvalue weighted by molar-refractivity contribution is 0.00629. The number of ether oxygens (including phenoxy) is 1. The van der Waals surface area contributed by atoms with Crippen molar-refractivity contribution in [3.8, 4) is 0 Å². The number of hydrogen-bond donors (Lipinski definition) is 0. The lowest BCUT2D eigenvalue weighted by Gasteiger charge is -2.21. The normalized spacial score (nSPS) is 14.5. The summed E-state index contributed by atoms with van der Waals surface area (Å²) < 4.78 is 5.36. The molecule has 0 unspecified atom stereocenters. The van der Waals surface area contributed by atoms with Gasteiger partial charge in [0.1, 0.15) is 17.2 Å². The second-order valence-electron chi connectivity index (χ2n) is 7.42. The van der Waals surface area contributed by atoms with Crippen LogP contribution in [0.5, 0.6) is 0 Å². The average Bonchev–Trinajstić information content (AvgIpc) is 3.01. The van der Waals surface area contributed by atoms with Gasteiger partial charge in [-0.05, 0) is 45.4 Å². The molecule has 8 heteroatoms. The zero-order valence-electron chi connectivity index (χ0n) is 16.4. The molecule has 148 valence electrons. The maximum atomic E-state index is 13.0. The van der Waals surface area contributed by atoms with Crippen molar-refractivity contribution < 1.29 is 14.3 Å². The Kier molecular flexibility index (Phi) is 5.56. The Balaban J connectivity index is 1.85. The lowest BCUT2D eigenvalue weighted by atomic mass is 10.2. The third-order valence-corrected chi connectivity index (χ3v) is 4.57. The number of carbonyl (C=O) groups excluding carboxylic acids is 2. The SMILES string of the molecule is CCc1c(Cl)ccnc1N1CCN(c2cccc(C(=O)OC(C)(C)C)n2)C1=O. The molecular formula is C20H23ClN4O3. The van der Waals surface area contributed by atoms with E-state index in [9.17, 15) is 9.59 Å². The van der Waals surface area contributed by atoms with Gasteiger partial charge in [-0.2, -0.15) is 0 Å².